The van der Waals surface area contributed by atoms with Gasteiger partial charge in [0, 0.05) is 11.9 Å². The lowest BCUT2D eigenvalue weighted by molar-refractivity contribution is 0.280. The van der Waals surface area contributed by atoms with Gasteiger partial charge in [-0.2, -0.15) is 0 Å². The average Bonchev–Trinajstić information content (AvgIpc) is 3.02. The van der Waals surface area contributed by atoms with E-state index in [9.17, 15) is 0 Å². The zero-order valence-electron chi connectivity index (χ0n) is 11.6. The van der Waals surface area contributed by atoms with E-state index in [1.807, 2.05) is 5.51 Å². The number of furan rings is 1. The van der Waals surface area contributed by atoms with Gasteiger partial charge in [-0.3, -0.25) is 4.90 Å². The van der Waals surface area contributed by atoms with Crippen molar-refractivity contribution < 1.29 is 4.42 Å². The normalized spacial score (nSPS) is 11.3. The van der Waals surface area contributed by atoms with E-state index in [4.69, 9.17) is 4.42 Å². The summed E-state index contributed by atoms with van der Waals surface area (Å²) in [6.07, 6.45) is 1.14. The van der Waals surface area contributed by atoms with E-state index in [1.54, 1.807) is 11.3 Å². The second-order valence-electron chi connectivity index (χ2n) is 4.70. The Morgan fingerprint density at radius 1 is 1.32 bits per heavy atom. The van der Waals surface area contributed by atoms with Crippen molar-refractivity contribution in [3.63, 3.8) is 0 Å². The van der Waals surface area contributed by atoms with Crippen LogP contribution < -0.4 is 5.32 Å². The Bertz CT molecular complexity index is 467. The minimum atomic E-state index is 0.809. The molecule has 0 aliphatic rings. The summed E-state index contributed by atoms with van der Waals surface area (Å²) in [5.41, 5.74) is 2.98. The number of thiazole rings is 1. The van der Waals surface area contributed by atoms with Crippen molar-refractivity contribution in [1.82, 2.24) is 15.2 Å². The lowest BCUT2D eigenvalue weighted by Gasteiger charge is -2.13. The van der Waals surface area contributed by atoms with E-state index >= 15 is 0 Å². The summed E-state index contributed by atoms with van der Waals surface area (Å²) in [7, 11) is 2.08. The summed E-state index contributed by atoms with van der Waals surface area (Å²) >= 11 is 1.63. The van der Waals surface area contributed by atoms with Gasteiger partial charge in [0.05, 0.1) is 24.3 Å². The molecule has 0 amide bonds. The third kappa shape index (κ3) is 4.78. The number of nitrogens with zero attached hydrogens (tertiary/aromatic N) is 2. The van der Waals surface area contributed by atoms with Crippen LogP contribution in [0, 0.1) is 0 Å². The largest absolute Gasteiger partial charge is 0.463 e. The molecule has 2 aromatic heterocycles. The first kappa shape index (κ1) is 14.2. The molecule has 0 aromatic carbocycles. The Morgan fingerprint density at radius 2 is 2.16 bits per heavy atom. The molecule has 0 saturated carbocycles. The summed E-state index contributed by atoms with van der Waals surface area (Å²) in [6, 6.07) is 4.11. The standard InChI is InChI=1S/C14H21N3OS/c1-3-6-15-7-13-4-5-14(18-13)9-17(2)8-12-10-19-11-16-12/h4-5,10-11,15H,3,6-9H2,1-2H3. The minimum absolute atomic E-state index is 0.809. The molecule has 1 N–H and O–H groups in total. The molecule has 0 unspecified atom stereocenters. The van der Waals surface area contributed by atoms with E-state index in [-0.39, 0.29) is 0 Å². The predicted molar refractivity (Wildman–Crippen MR) is 78.0 cm³/mol. The monoisotopic (exact) mass is 279 g/mol. The summed E-state index contributed by atoms with van der Waals surface area (Å²) in [4.78, 5) is 6.49. The van der Waals surface area contributed by atoms with Crippen molar-refractivity contribution in [1.29, 1.82) is 0 Å². The molecule has 4 nitrogen and oxygen atoms in total. The molecule has 5 heteroatoms. The Morgan fingerprint density at radius 3 is 2.89 bits per heavy atom. The Kier molecular flexibility index (Phi) is 5.57. The third-order valence-electron chi connectivity index (χ3n) is 2.78. The van der Waals surface area contributed by atoms with E-state index in [2.05, 4.69) is 46.7 Å². The van der Waals surface area contributed by atoms with Crippen LogP contribution in [0.3, 0.4) is 0 Å². The summed E-state index contributed by atoms with van der Waals surface area (Å²) in [6.45, 7) is 5.66. The number of nitrogens with one attached hydrogen (secondary N) is 1. The van der Waals surface area contributed by atoms with Gasteiger partial charge in [0.25, 0.3) is 0 Å². The molecular formula is C14H21N3OS. The van der Waals surface area contributed by atoms with Gasteiger partial charge in [-0.1, -0.05) is 6.92 Å². The quantitative estimate of drug-likeness (QED) is 0.754. The van der Waals surface area contributed by atoms with Crippen LogP contribution in [0.2, 0.25) is 0 Å². The molecular weight excluding hydrogens is 258 g/mol. The fourth-order valence-electron chi connectivity index (χ4n) is 1.90. The van der Waals surface area contributed by atoms with Crippen LogP contribution in [0.1, 0.15) is 30.6 Å². The van der Waals surface area contributed by atoms with Crippen LogP contribution in [0.15, 0.2) is 27.4 Å². The molecule has 0 aliphatic heterocycles. The van der Waals surface area contributed by atoms with Crippen LogP contribution in [0.4, 0.5) is 0 Å². The molecule has 0 spiro atoms. The van der Waals surface area contributed by atoms with E-state index in [1.165, 1.54) is 0 Å². The molecule has 2 aromatic rings. The molecule has 0 saturated heterocycles. The molecule has 2 rings (SSSR count). The second kappa shape index (κ2) is 7.43. The smallest absolute Gasteiger partial charge is 0.118 e. The van der Waals surface area contributed by atoms with Gasteiger partial charge in [0.15, 0.2) is 0 Å². The van der Waals surface area contributed by atoms with Crippen molar-refractivity contribution in [2.45, 2.75) is 33.0 Å². The Balaban J connectivity index is 1.78. The zero-order chi connectivity index (χ0) is 13.5. The maximum absolute atomic E-state index is 5.80. The molecule has 2 heterocycles. The maximum atomic E-state index is 5.80. The minimum Gasteiger partial charge on any atom is -0.463 e. The number of rotatable bonds is 8. The highest BCUT2D eigenvalue weighted by atomic mass is 32.1. The van der Waals surface area contributed by atoms with Gasteiger partial charge in [0.1, 0.15) is 11.5 Å². The van der Waals surface area contributed by atoms with Gasteiger partial charge in [-0.15, -0.1) is 11.3 Å². The summed E-state index contributed by atoms with van der Waals surface area (Å²) < 4.78 is 5.80. The lowest BCUT2D eigenvalue weighted by Crippen LogP contribution is -2.17. The van der Waals surface area contributed by atoms with E-state index in [0.717, 1.165) is 49.8 Å². The fraction of sp³-hybridized carbons (Fsp3) is 0.500. The SMILES string of the molecule is CCCNCc1ccc(CN(C)Cc2cscn2)o1. The first-order chi connectivity index (χ1) is 9.28. The van der Waals surface area contributed by atoms with Crippen molar-refractivity contribution in [3.05, 3.63) is 40.2 Å². The molecule has 104 valence electrons. The zero-order valence-corrected chi connectivity index (χ0v) is 12.4. The lowest BCUT2D eigenvalue weighted by atomic mass is 10.3. The van der Waals surface area contributed by atoms with Crippen molar-refractivity contribution in [2.75, 3.05) is 13.6 Å². The van der Waals surface area contributed by atoms with Crippen LogP contribution in [-0.4, -0.2) is 23.5 Å². The number of aromatic nitrogens is 1. The highest BCUT2D eigenvalue weighted by Gasteiger charge is 2.07. The topological polar surface area (TPSA) is 41.3 Å². The predicted octanol–water partition coefficient (Wildman–Crippen LogP) is 2.87. The van der Waals surface area contributed by atoms with Gasteiger partial charge >= 0.3 is 0 Å². The van der Waals surface area contributed by atoms with Crippen molar-refractivity contribution >= 4 is 11.3 Å². The van der Waals surface area contributed by atoms with Crippen LogP contribution in [-0.2, 0) is 19.6 Å². The molecule has 0 bridgehead atoms. The first-order valence-corrected chi connectivity index (χ1v) is 7.56. The molecule has 0 aliphatic carbocycles. The highest BCUT2D eigenvalue weighted by Crippen LogP contribution is 2.12. The molecule has 0 radical (unpaired) electrons. The molecule has 0 fully saturated rings. The van der Waals surface area contributed by atoms with Gasteiger partial charge in [-0.25, -0.2) is 4.98 Å². The summed E-state index contributed by atoms with van der Waals surface area (Å²) in [5, 5.41) is 5.42. The second-order valence-corrected chi connectivity index (χ2v) is 5.42. The van der Waals surface area contributed by atoms with Crippen LogP contribution >= 0.6 is 11.3 Å². The van der Waals surface area contributed by atoms with Crippen LogP contribution in [0.25, 0.3) is 0 Å². The Labute approximate surface area is 118 Å². The van der Waals surface area contributed by atoms with E-state index < -0.39 is 0 Å². The maximum Gasteiger partial charge on any atom is 0.118 e. The van der Waals surface area contributed by atoms with E-state index in [0.29, 0.717) is 0 Å². The molecule has 19 heavy (non-hydrogen) atoms. The Hall–Kier alpha value is -1.17. The van der Waals surface area contributed by atoms with Gasteiger partial charge < -0.3 is 9.73 Å². The van der Waals surface area contributed by atoms with Crippen LogP contribution in [0.5, 0.6) is 0 Å². The first-order valence-electron chi connectivity index (χ1n) is 6.62. The highest BCUT2D eigenvalue weighted by molar-refractivity contribution is 7.07. The van der Waals surface area contributed by atoms with Gasteiger partial charge in [-0.05, 0) is 32.1 Å². The number of hydrogen-bond donors (Lipinski definition) is 1. The van der Waals surface area contributed by atoms with Crippen molar-refractivity contribution in [3.8, 4) is 0 Å². The average molecular weight is 279 g/mol. The fourth-order valence-corrected chi connectivity index (χ4v) is 2.45. The third-order valence-corrected chi connectivity index (χ3v) is 3.42. The van der Waals surface area contributed by atoms with Crippen molar-refractivity contribution in [2.24, 2.45) is 0 Å². The number of hydrogen-bond acceptors (Lipinski definition) is 5. The van der Waals surface area contributed by atoms with Gasteiger partial charge in [0.2, 0.25) is 0 Å². The summed E-state index contributed by atoms with van der Waals surface area (Å²) in [5.74, 6) is 2.01. The molecule has 0 atom stereocenters.